The fraction of sp³-hybridized carbons (Fsp3) is 0.125. The number of hydrogen-bond donors (Lipinski definition) is 0. The molecule has 0 saturated heterocycles. The van der Waals surface area contributed by atoms with Gasteiger partial charge in [-0.1, -0.05) is 28.4 Å². The first-order valence-electron chi connectivity index (χ1n) is 6.83. The lowest BCUT2D eigenvalue weighted by molar-refractivity contribution is 0.215. The Morgan fingerprint density at radius 1 is 1.12 bits per heavy atom. The van der Waals surface area contributed by atoms with Gasteiger partial charge in [0.25, 0.3) is 0 Å². The predicted molar refractivity (Wildman–Crippen MR) is 104 cm³/mol. The Bertz CT molecular complexity index is 882. The maximum absolute atomic E-state index is 13.2. The van der Waals surface area contributed by atoms with Crippen molar-refractivity contribution in [1.82, 2.24) is 0 Å². The van der Waals surface area contributed by atoms with Crippen LogP contribution in [-0.4, -0.2) is 19.5 Å². The topological polar surface area (TPSA) is 34.0 Å². The number of oxime groups is 1. The molecule has 1 aliphatic heterocycles. The molecule has 0 aliphatic carbocycles. The minimum absolute atomic E-state index is 0.0460. The van der Waals surface area contributed by atoms with Crippen LogP contribution in [0.1, 0.15) is 16.7 Å². The van der Waals surface area contributed by atoms with Gasteiger partial charge in [0, 0.05) is 26.3 Å². The summed E-state index contributed by atoms with van der Waals surface area (Å²) in [5.41, 5.74) is 1.13. The minimum atomic E-state index is -1.06. The number of fused-ring (bicyclic) bond motifs is 1. The number of rotatable bonds is 2. The third kappa shape index (κ3) is 4.60. The maximum Gasteiger partial charge on any atom is 0.169 e. The van der Waals surface area contributed by atoms with Crippen molar-refractivity contribution in [3.8, 4) is 0 Å². The van der Waals surface area contributed by atoms with E-state index >= 15 is 0 Å². The fourth-order valence-corrected chi connectivity index (χ4v) is 3.22. The molecule has 0 amide bonds. The van der Waals surface area contributed by atoms with Gasteiger partial charge < -0.3 is 4.84 Å². The van der Waals surface area contributed by atoms with Crippen LogP contribution >= 0.6 is 55.1 Å². The predicted octanol–water partition coefficient (Wildman–Crippen LogP) is 6.54. The van der Waals surface area contributed by atoms with Crippen molar-refractivity contribution in [2.75, 3.05) is 7.11 Å². The number of aliphatic imine (C=N–C) groups is 1. The van der Waals surface area contributed by atoms with Crippen LogP contribution in [0.5, 0.6) is 0 Å². The van der Waals surface area contributed by atoms with Crippen LogP contribution in [0.2, 0.25) is 10.0 Å². The van der Waals surface area contributed by atoms with Crippen molar-refractivity contribution in [1.29, 1.82) is 0 Å². The first-order valence-corrected chi connectivity index (χ1v) is 9.17. The van der Waals surface area contributed by atoms with Gasteiger partial charge >= 0.3 is 0 Å². The van der Waals surface area contributed by atoms with Gasteiger partial charge in [-0.15, -0.1) is 0 Å². The zero-order valence-electron chi connectivity index (χ0n) is 13.0. The monoisotopic (exact) mass is 530 g/mol. The summed E-state index contributed by atoms with van der Waals surface area (Å²) in [6.45, 7) is 0.397. The molecule has 0 unspecified atom stereocenters. The van der Waals surface area contributed by atoms with E-state index in [1.54, 1.807) is 6.21 Å². The van der Waals surface area contributed by atoms with Gasteiger partial charge in [-0.25, -0.2) is 13.2 Å². The standard InChI is InChI=1S/C8H5BrClF2NO.C8H4BrClFN/c1-14-13-3-4-7(10)5(9)2-6(11)8(4)12;9-6-1-7(11)4-2-12-3-5(4)8(6)10/h2-3H,1H3;1,3H,2H2/b13-3+;. The van der Waals surface area contributed by atoms with Crippen LogP contribution in [0.15, 0.2) is 31.2 Å². The highest BCUT2D eigenvalue weighted by molar-refractivity contribution is 9.10. The van der Waals surface area contributed by atoms with E-state index < -0.39 is 11.6 Å². The molecule has 0 saturated carbocycles. The van der Waals surface area contributed by atoms with E-state index in [1.165, 1.54) is 13.2 Å². The highest BCUT2D eigenvalue weighted by atomic mass is 79.9. The molecule has 0 N–H and O–H groups in total. The summed E-state index contributed by atoms with van der Waals surface area (Å²) in [6, 6.07) is 2.32. The van der Waals surface area contributed by atoms with Gasteiger partial charge in [0.2, 0.25) is 0 Å². The van der Waals surface area contributed by atoms with Crippen molar-refractivity contribution < 1.29 is 18.0 Å². The van der Waals surface area contributed by atoms with Crippen LogP contribution in [-0.2, 0) is 11.4 Å². The average molecular weight is 533 g/mol. The molecule has 10 heteroatoms. The molecule has 3 rings (SSSR count). The number of nitrogens with zero attached hydrogens (tertiary/aromatic N) is 2. The Labute approximate surface area is 174 Å². The second-order valence-electron chi connectivity index (χ2n) is 4.82. The summed E-state index contributed by atoms with van der Waals surface area (Å²) >= 11 is 17.8. The molecular weight excluding hydrogens is 524 g/mol. The lowest BCUT2D eigenvalue weighted by Crippen LogP contribution is -1.96. The molecule has 138 valence electrons. The summed E-state index contributed by atoms with van der Waals surface area (Å²) in [5.74, 6) is -2.31. The van der Waals surface area contributed by atoms with Crippen LogP contribution in [0.4, 0.5) is 13.2 Å². The van der Waals surface area contributed by atoms with Crippen molar-refractivity contribution in [3.63, 3.8) is 0 Å². The van der Waals surface area contributed by atoms with E-state index in [4.69, 9.17) is 23.2 Å². The maximum atomic E-state index is 13.2. The molecule has 0 atom stereocenters. The molecule has 1 aliphatic rings. The number of halogens is 7. The second-order valence-corrected chi connectivity index (χ2v) is 7.28. The molecular formula is C16H9Br2Cl2F3N2O. The molecule has 1 heterocycles. The SMILES string of the molecule is CO/N=C/c1c(F)c(F)cc(Br)c1Cl.Fc1cc(Br)c(Cl)c2c1CN=C2. The van der Waals surface area contributed by atoms with Gasteiger partial charge in [-0.3, -0.25) is 4.99 Å². The Kier molecular flexibility index (Phi) is 7.52. The van der Waals surface area contributed by atoms with Gasteiger partial charge in [0.05, 0.1) is 28.4 Å². The van der Waals surface area contributed by atoms with Gasteiger partial charge in [-0.05, 0) is 44.0 Å². The van der Waals surface area contributed by atoms with E-state index in [1.807, 2.05) is 0 Å². The third-order valence-electron chi connectivity index (χ3n) is 3.22. The minimum Gasteiger partial charge on any atom is -0.399 e. The largest absolute Gasteiger partial charge is 0.399 e. The van der Waals surface area contributed by atoms with E-state index in [-0.39, 0.29) is 20.9 Å². The summed E-state index contributed by atoms with van der Waals surface area (Å²) in [6.07, 6.45) is 2.61. The van der Waals surface area contributed by atoms with Gasteiger partial charge in [0.1, 0.15) is 12.9 Å². The highest BCUT2D eigenvalue weighted by Gasteiger charge is 2.17. The van der Waals surface area contributed by atoms with Crippen LogP contribution in [0, 0.1) is 17.5 Å². The zero-order chi connectivity index (χ0) is 19.4. The Balaban J connectivity index is 0.000000189. The smallest absolute Gasteiger partial charge is 0.169 e. The average Bonchev–Trinajstić information content (AvgIpc) is 3.09. The summed E-state index contributed by atoms with van der Waals surface area (Å²) in [4.78, 5) is 8.29. The molecule has 0 aromatic heterocycles. The number of benzene rings is 2. The van der Waals surface area contributed by atoms with E-state index in [2.05, 4.69) is 46.8 Å². The lowest BCUT2D eigenvalue weighted by Gasteiger charge is -2.03. The molecule has 2 aromatic carbocycles. The van der Waals surface area contributed by atoms with E-state index in [0.29, 0.717) is 27.2 Å². The van der Waals surface area contributed by atoms with Crippen molar-refractivity contribution in [3.05, 3.63) is 65.3 Å². The van der Waals surface area contributed by atoms with Crippen LogP contribution in [0.3, 0.4) is 0 Å². The Morgan fingerprint density at radius 3 is 2.38 bits per heavy atom. The van der Waals surface area contributed by atoms with Gasteiger partial charge in [-0.2, -0.15) is 0 Å². The molecule has 26 heavy (non-hydrogen) atoms. The summed E-state index contributed by atoms with van der Waals surface area (Å²) in [5, 5.41) is 3.89. The van der Waals surface area contributed by atoms with E-state index in [9.17, 15) is 13.2 Å². The molecule has 0 fully saturated rings. The summed E-state index contributed by atoms with van der Waals surface area (Å²) < 4.78 is 40.0. The van der Waals surface area contributed by atoms with Gasteiger partial charge in [0.15, 0.2) is 11.6 Å². The third-order valence-corrected chi connectivity index (χ3v) is 5.74. The molecule has 0 radical (unpaired) electrons. The molecule has 0 spiro atoms. The zero-order valence-corrected chi connectivity index (χ0v) is 17.6. The molecule has 3 nitrogen and oxygen atoms in total. The highest BCUT2D eigenvalue weighted by Crippen LogP contribution is 2.32. The molecule has 0 bridgehead atoms. The Morgan fingerprint density at radius 2 is 1.73 bits per heavy atom. The number of hydrogen-bond acceptors (Lipinski definition) is 3. The van der Waals surface area contributed by atoms with Crippen LogP contribution < -0.4 is 0 Å². The van der Waals surface area contributed by atoms with Crippen LogP contribution in [0.25, 0.3) is 0 Å². The lowest BCUT2D eigenvalue weighted by atomic mass is 10.1. The second kappa shape index (κ2) is 9.21. The normalized spacial score (nSPS) is 12.2. The molecule has 2 aromatic rings. The van der Waals surface area contributed by atoms with Crippen molar-refractivity contribution >= 4 is 67.5 Å². The first kappa shape index (κ1) is 21.2. The summed E-state index contributed by atoms with van der Waals surface area (Å²) in [7, 11) is 1.29. The van der Waals surface area contributed by atoms with Crippen molar-refractivity contribution in [2.45, 2.75) is 6.54 Å². The fourth-order valence-electron chi connectivity index (χ4n) is 1.99. The Hall–Kier alpha value is -1.09. The van der Waals surface area contributed by atoms with Crippen molar-refractivity contribution in [2.24, 2.45) is 10.1 Å². The van der Waals surface area contributed by atoms with E-state index in [0.717, 1.165) is 12.3 Å². The first-order chi connectivity index (χ1) is 12.3. The quantitative estimate of drug-likeness (QED) is 0.246.